The summed E-state index contributed by atoms with van der Waals surface area (Å²) in [5.74, 6) is -3.44. The lowest BCUT2D eigenvalue weighted by Crippen LogP contribution is -2.70. The number of carbonyl (C=O) groups is 4. The van der Waals surface area contributed by atoms with Gasteiger partial charge in [-0.2, -0.15) is 0 Å². The Hall–Kier alpha value is -2.64. The fourth-order valence-corrected chi connectivity index (χ4v) is 4.86. The Kier molecular flexibility index (Phi) is 4.61. The van der Waals surface area contributed by atoms with Crippen LogP contribution in [-0.2, 0) is 38.1 Å². The van der Waals surface area contributed by atoms with Gasteiger partial charge in [0.15, 0.2) is 0 Å². The molecule has 0 aromatic carbocycles. The van der Waals surface area contributed by atoms with Crippen LogP contribution in [-0.4, -0.2) is 50.3 Å². The molecule has 0 aromatic heterocycles. The summed E-state index contributed by atoms with van der Waals surface area (Å²) in [4.78, 5) is 48.2. The summed E-state index contributed by atoms with van der Waals surface area (Å²) in [5.41, 5.74) is -0.523. The quantitative estimate of drug-likeness (QED) is 0.404. The van der Waals surface area contributed by atoms with Crippen LogP contribution in [0.1, 0.15) is 20.8 Å². The number of esters is 4. The smallest absolute Gasteiger partial charge is 0.335 e. The zero-order valence-electron chi connectivity index (χ0n) is 15.8. The van der Waals surface area contributed by atoms with E-state index >= 15 is 0 Å². The maximum absolute atomic E-state index is 12.5. The molecular weight excluding hydrogens is 356 g/mol. The SMILES string of the molecule is COC(=O)C1=C(C(=O)OC)C2(C)C=CC1C1C(OC(C)=O)C(OC(C)=O)C12. The summed E-state index contributed by atoms with van der Waals surface area (Å²) in [5, 5.41) is 0. The normalized spacial score (nSPS) is 35.7. The van der Waals surface area contributed by atoms with E-state index in [9.17, 15) is 19.2 Å². The van der Waals surface area contributed by atoms with Crippen molar-refractivity contribution >= 4 is 23.9 Å². The van der Waals surface area contributed by atoms with Gasteiger partial charge in [-0.05, 0) is 0 Å². The van der Waals surface area contributed by atoms with E-state index in [4.69, 9.17) is 18.9 Å². The highest BCUT2D eigenvalue weighted by molar-refractivity contribution is 6.03. The van der Waals surface area contributed by atoms with Gasteiger partial charge in [0, 0.05) is 37.0 Å². The number of methoxy groups -OCH3 is 2. The van der Waals surface area contributed by atoms with Crippen LogP contribution in [0.15, 0.2) is 23.3 Å². The first-order chi connectivity index (χ1) is 12.7. The van der Waals surface area contributed by atoms with Gasteiger partial charge in [-0.1, -0.05) is 19.1 Å². The molecule has 0 heterocycles. The summed E-state index contributed by atoms with van der Waals surface area (Å²) in [6, 6.07) is 0. The number of hydrogen-bond donors (Lipinski definition) is 0. The molecule has 1 fully saturated rings. The molecule has 0 radical (unpaired) electrons. The third-order valence-corrected chi connectivity index (χ3v) is 5.77. The molecule has 8 nitrogen and oxygen atoms in total. The molecule has 4 aliphatic rings. The largest absolute Gasteiger partial charge is 0.466 e. The second kappa shape index (κ2) is 6.51. The molecule has 0 aromatic rings. The Labute approximate surface area is 156 Å². The Morgan fingerprint density at radius 1 is 0.926 bits per heavy atom. The molecule has 2 bridgehead atoms. The van der Waals surface area contributed by atoms with Crippen molar-refractivity contribution in [3.05, 3.63) is 23.3 Å². The molecule has 4 aliphatic carbocycles. The molecule has 0 aliphatic heterocycles. The van der Waals surface area contributed by atoms with Crippen LogP contribution >= 0.6 is 0 Å². The van der Waals surface area contributed by atoms with E-state index in [-0.39, 0.29) is 23.0 Å². The predicted molar refractivity (Wildman–Crippen MR) is 89.9 cm³/mol. The van der Waals surface area contributed by atoms with Crippen molar-refractivity contribution in [2.24, 2.45) is 23.2 Å². The van der Waals surface area contributed by atoms with Gasteiger partial charge in [0.05, 0.1) is 25.4 Å². The van der Waals surface area contributed by atoms with Crippen molar-refractivity contribution in [2.45, 2.75) is 33.0 Å². The highest BCUT2D eigenvalue weighted by Crippen LogP contribution is 2.64. The third-order valence-electron chi connectivity index (χ3n) is 5.77. The van der Waals surface area contributed by atoms with Crippen molar-refractivity contribution in [3.63, 3.8) is 0 Å². The second-order valence-corrected chi connectivity index (χ2v) is 7.19. The van der Waals surface area contributed by atoms with Crippen molar-refractivity contribution in [1.82, 2.24) is 0 Å². The van der Waals surface area contributed by atoms with Crippen molar-refractivity contribution < 1.29 is 38.1 Å². The molecule has 6 atom stereocenters. The number of ether oxygens (including phenoxy) is 4. The molecule has 0 saturated heterocycles. The van der Waals surface area contributed by atoms with E-state index < -0.39 is 47.4 Å². The summed E-state index contributed by atoms with van der Waals surface area (Å²) < 4.78 is 20.7. The number of allylic oxidation sites excluding steroid dienone is 2. The van der Waals surface area contributed by atoms with E-state index in [1.54, 1.807) is 6.92 Å². The fraction of sp³-hybridized carbons (Fsp3) is 0.579. The Bertz CT molecular complexity index is 779. The van der Waals surface area contributed by atoms with Gasteiger partial charge >= 0.3 is 23.9 Å². The first kappa shape index (κ1) is 19.1. The summed E-state index contributed by atoms with van der Waals surface area (Å²) >= 11 is 0. The molecule has 1 saturated carbocycles. The second-order valence-electron chi connectivity index (χ2n) is 7.19. The van der Waals surface area contributed by atoms with Crippen LogP contribution in [0.3, 0.4) is 0 Å². The van der Waals surface area contributed by atoms with Gasteiger partial charge in [-0.15, -0.1) is 0 Å². The van der Waals surface area contributed by atoms with E-state index in [0.717, 1.165) is 0 Å². The van der Waals surface area contributed by atoms with Gasteiger partial charge in [-0.25, -0.2) is 9.59 Å². The maximum atomic E-state index is 12.5. The predicted octanol–water partition coefficient (Wildman–Crippen LogP) is 0.944. The average molecular weight is 378 g/mol. The van der Waals surface area contributed by atoms with Crippen molar-refractivity contribution in [3.8, 4) is 0 Å². The van der Waals surface area contributed by atoms with E-state index in [0.29, 0.717) is 0 Å². The maximum Gasteiger partial charge on any atom is 0.335 e. The average Bonchev–Trinajstić information content (AvgIpc) is 2.61. The highest BCUT2D eigenvalue weighted by atomic mass is 16.6. The summed E-state index contributed by atoms with van der Waals surface area (Å²) in [6.07, 6.45) is 2.23. The minimum absolute atomic E-state index is 0.198. The highest BCUT2D eigenvalue weighted by Gasteiger charge is 2.70. The lowest BCUT2D eigenvalue weighted by atomic mass is 9.43. The van der Waals surface area contributed by atoms with E-state index in [2.05, 4.69) is 0 Å². The third kappa shape index (κ3) is 2.65. The van der Waals surface area contributed by atoms with Crippen LogP contribution in [0.4, 0.5) is 0 Å². The van der Waals surface area contributed by atoms with Gasteiger partial charge < -0.3 is 18.9 Å². The number of hydrogen-bond acceptors (Lipinski definition) is 8. The van der Waals surface area contributed by atoms with Crippen LogP contribution in [0.2, 0.25) is 0 Å². The van der Waals surface area contributed by atoms with Gasteiger partial charge in [0.1, 0.15) is 12.2 Å². The van der Waals surface area contributed by atoms with Crippen LogP contribution in [0, 0.1) is 23.2 Å². The molecule has 0 amide bonds. The Morgan fingerprint density at radius 3 is 2.00 bits per heavy atom. The van der Waals surface area contributed by atoms with Crippen molar-refractivity contribution in [2.75, 3.05) is 14.2 Å². The molecule has 8 heteroatoms. The molecule has 146 valence electrons. The Balaban J connectivity index is 2.14. The standard InChI is InChI=1S/C19H22O8/c1-8(20)26-15-11-10-6-7-19(3,13(11)16(15)27-9(2)21)14(18(23)25-5)12(10)17(22)24-4/h6-7,10-11,13,15-16H,1-5H3. The minimum Gasteiger partial charge on any atom is -0.466 e. The van der Waals surface area contributed by atoms with E-state index in [1.807, 2.05) is 12.2 Å². The Morgan fingerprint density at radius 2 is 1.48 bits per heavy atom. The lowest BCUT2D eigenvalue weighted by molar-refractivity contribution is -0.233. The summed E-state index contributed by atoms with van der Waals surface area (Å²) in [6.45, 7) is 4.33. The van der Waals surface area contributed by atoms with Gasteiger partial charge in [-0.3, -0.25) is 9.59 Å². The first-order valence-electron chi connectivity index (χ1n) is 8.62. The zero-order valence-corrected chi connectivity index (χ0v) is 15.8. The molecule has 27 heavy (non-hydrogen) atoms. The molecule has 6 unspecified atom stereocenters. The summed E-state index contributed by atoms with van der Waals surface area (Å²) in [7, 11) is 2.48. The van der Waals surface area contributed by atoms with Crippen molar-refractivity contribution in [1.29, 1.82) is 0 Å². The minimum atomic E-state index is -0.924. The molecule has 0 spiro atoms. The lowest BCUT2D eigenvalue weighted by Gasteiger charge is -2.63. The molecule has 0 N–H and O–H groups in total. The van der Waals surface area contributed by atoms with Crippen LogP contribution in [0.5, 0.6) is 0 Å². The zero-order chi connectivity index (χ0) is 20.1. The van der Waals surface area contributed by atoms with Gasteiger partial charge in [0.2, 0.25) is 0 Å². The van der Waals surface area contributed by atoms with E-state index in [1.165, 1.54) is 28.1 Å². The monoisotopic (exact) mass is 378 g/mol. The van der Waals surface area contributed by atoms with Crippen LogP contribution in [0.25, 0.3) is 0 Å². The topological polar surface area (TPSA) is 105 Å². The number of rotatable bonds is 4. The molecular formula is C19H22O8. The number of carbonyl (C=O) groups excluding carboxylic acids is 4. The van der Waals surface area contributed by atoms with Crippen LogP contribution < -0.4 is 0 Å². The fourth-order valence-electron chi connectivity index (χ4n) is 4.86. The van der Waals surface area contributed by atoms with Gasteiger partial charge in [0.25, 0.3) is 0 Å². The first-order valence-corrected chi connectivity index (χ1v) is 8.62. The molecule has 4 rings (SSSR count).